The van der Waals surface area contributed by atoms with Gasteiger partial charge < -0.3 is 14.4 Å². The largest absolute Gasteiger partial charge is 0.349 e. The fourth-order valence-corrected chi connectivity index (χ4v) is 4.22. The molecule has 0 N–H and O–H groups in total. The topological polar surface area (TPSA) is 38.8 Å². The number of rotatable bonds is 2. The minimum absolute atomic E-state index is 0.113. The Balaban J connectivity index is 1.28. The Hall–Kier alpha value is -0.610. The molecule has 0 aromatic carbocycles. The molecule has 4 aliphatic rings. The average molecular weight is 307 g/mol. The Morgan fingerprint density at radius 3 is 2.27 bits per heavy atom. The van der Waals surface area contributed by atoms with Crippen LogP contribution in [0, 0.1) is 23.2 Å². The third kappa shape index (κ3) is 2.69. The molecule has 0 bridgehead atoms. The van der Waals surface area contributed by atoms with E-state index < -0.39 is 5.79 Å². The Kier molecular flexibility index (Phi) is 3.53. The molecule has 2 saturated carbocycles. The summed E-state index contributed by atoms with van der Waals surface area (Å²) in [6, 6.07) is 0. The first-order chi connectivity index (χ1) is 10.5. The average Bonchev–Trinajstić information content (AvgIpc) is 3.21. The van der Waals surface area contributed by atoms with Crippen LogP contribution in [0.2, 0.25) is 0 Å². The number of hydrogen-bond donors (Lipinski definition) is 0. The second-order valence-electron chi connectivity index (χ2n) is 8.67. The second-order valence-corrected chi connectivity index (χ2v) is 8.67. The van der Waals surface area contributed by atoms with Crippen LogP contribution in [0.25, 0.3) is 0 Å². The molecule has 2 heterocycles. The maximum Gasteiger partial charge on any atom is 0.225 e. The number of amides is 1. The van der Waals surface area contributed by atoms with Crippen LogP contribution in [0.4, 0.5) is 0 Å². The van der Waals surface area contributed by atoms with Crippen molar-refractivity contribution in [3.05, 3.63) is 0 Å². The summed E-state index contributed by atoms with van der Waals surface area (Å²) in [5.74, 6) is 1.90. The van der Waals surface area contributed by atoms with Crippen LogP contribution in [0.5, 0.6) is 0 Å². The lowest BCUT2D eigenvalue weighted by Gasteiger charge is -2.47. The summed E-state index contributed by atoms with van der Waals surface area (Å²) in [6.45, 7) is 7.46. The highest BCUT2D eigenvalue weighted by Crippen LogP contribution is 2.52. The molecule has 2 aliphatic carbocycles. The van der Waals surface area contributed by atoms with Gasteiger partial charge in [-0.05, 0) is 18.3 Å². The van der Waals surface area contributed by atoms with E-state index in [0.717, 1.165) is 51.5 Å². The molecule has 2 atom stereocenters. The highest BCUT2D eigenvalue weighted by atomic mass is 16.7. The number of hydrogen-bond acceptors (Lipinski definition) is 3. The van der Waals surface area contributed by atoms with Gasteiger partial charge in [-0.1, -0.05) is 33.1 Å². The lowest BCUT2D eigenvalue weighted by molar-refractivity contribution is -0.312. The molecule has 0 aromatic rings. The van der Waals surface area contributed by atoms with Crippen LogP contribution in [-0.4, -0.2) is 42.9 Å². The minimum Gasteiger partial charge on any atom is -0.349 e. The molecule has 0 aromatic heterocycles. The van der Waals surface area contributed by atoms with Gasteiger partial charge in [0, 0.05) is 37.3 Å². The molecule has 124 valence electrons. The zero-order chi connectivity index (χ0) is 15.4. The number of carbonyl (C=O) groups is 1. The first-order valence-corrected chi connectivity index (χ1v) is 9.05. The molecule has 2 saturated heterocycles. The predicted molar refractivity (Wildman–Crippen MR) is 83.2 cm³/mol. The Labute approximate surface area is 133 Å². The Bertz CT molecular complexity index is 437. The van der Waals surface area contributed by atoms with Gasteiger partial charge in [-0.15, -0.1) is 0 Å². The molecule has 2 aliphatic heterocycles. The van der Waals surface area contributed by atoms with Crippen molar-refractivity contribution in [1.29, 1.82) is 0 Å². The van der Waals surface area contributed by atoms with Crippen LogP contribution in [0.15, 0.2) is 0 Å². The van der Waals surface area contributed by atoms with Gasteiger partial charge in [0.25, 0.3) is 0 Å². The summed E-state index contributed by atoms with van der Waals surface area (Å²) in [5, 5.41) is 0. The van der Waals surface area contributed by atoms with E-state index in [2.05, 4.69) is 18.7 Å². The molecule has 22 heavy (non-hydrogen) atoms. The fourth-order valence-electron chi connectivity index (χ4n) is 4.22. The molecular weight excluding hydrogens is 278 g/mol. The predicted octanol–water partition coefficient (Wildman–Crippen LogP) is 2.81. The quantitative estimate of drug-likeness (QED) is 0.787. The van der Waals surface area contributed by atoms with E-state index in [1.807, 2.05) is 0 Å². The van der Waals surface area contributed by atoms with Crippen LogP contribution < -0.4 is 0 Å². The summed E-state index contributed by atoms with van der Waals surface area (Å²) < 4.78 is 12.1. The third-order valence-electron chi connectivity index (χ3n) is 6.20. The van der Waals surface area contributed by atoms with Gasteiger partial charge in [0.2, 0.25) is 5.91 Å². The third-order valence-corrected chi connectivity index (χ3v) is 6.20. The number of likely N-dealkylation sites (tertiary alicyclic amines) is 1. The number of piperidine rings is 1. The van der Waals surface area contributed by atoms with Gasteiger partial charge in [-0.3, -0.25) is 4.79 Å². The Morgan fingerprint density at radius 2 is 1.73 bits per heavy atom. The Morgan fingerprint density at radius 1 is 1.09 bits per heavy atom. The molecule has 1 spiro atoms. The van der Waals surface area contributed by atoms with Crippen molar-refractivity contribution in [1.82, 2.24) is 4.90 Å². The van der Waals surface area contributed by atoms with Gasteiger partial charge >= 0.3 is 0 Å². The van der Waals surface area contributed by atoms with E-state index in [1.165, 1.54) is 19.3 Å². The van der Waals surface area contributed by atoms with E-state index in [0.29, 0.717) is 17.7 Å². The molecule has 0 unspecified atom stereocenters. The first-order valence-electron chi connectivity index (χ1n) is 9.05. The zero-order valence-electron chi connectivity index (χ0n) is 14.0. The summed E-state index contributed by atoms with van der Waals surface area (Å²) in [4.78, 5) is 14.7. The zero-order valence-corrected chi connectivity index (χ0v) is 14.0. The molecular formula is C18H29NO3. The summed E-state index contributed by atoms with van der Waals surface area (Å²) in [5.41, 5.74) is 0.113. The number of ether oxygens (including phenoxy) is 2. The molecule has 4 heteroatoms. The van der Waals surface area contributed by atoms with Gasteiger partial charge in [-0.25, -0.2) is 0 Å². The summed E-state index contributed by atoms with van der Waals surface area (Å²) in [7, 11) is 0. The van der Waals surface area contributed by atoms with E-state index in [-0.39, 0.29) is 5.41 Å². The lowest BCUT2D eigenvalue weighted by atomic mass is 9.81. The first kappa shape index (κ1) is 14.9. The van der Waals surface area contributed by atoms with E-state index in [4.69, 9.17) is 9.47 Å². The normalized spacial score (nSPS) is 36.9. The van der Waals surface area contributed by atoms with Crippen molar-refractivity contribution in [2.24, 2.45) is 23.2 Å². The van der Waals surface area contributed by atoms with Crippen molar-refractivity contribution >= 4 is 5.91 Å². The lowest BCUT2D eigenvalue weighted by Crippen LogP contribution is -2.54. The highest BCUT2D eigenvalue weighted by Gasteiger charge is 2.51. The minimum atomic E-state index is -0.413. The monoisotopic (exact) mass is 307 g/mol. The highest BCUT2D eigenvalue weighted by molar-refractivity contribution is 5.81. The maximum absolute atomic E-state index is 12.6. The SMILES string of the molecule is CC1(C)COC2(CCN(C(=O)[C@@H]3C[C@H]3C3CCC3)CC2)OC1. The number of carbonyl (C=O) groups excluding carboxylic acids is 1. The van der Waals surface area contributed by atoms with Crippen molar-refractivity contribution < 1.29 is 14.3 Å². The molecule has 4 nitrogen and oxygen atoms in total. The van der Waals surface area contributed by atoms with E-state index >= 15 is 0 Å². The molecule has 4 fully saturated rings. The van der Waals surface area contributed by atoms with Crippen LogP contribution in [0.1, 0.15) is 52.4 Å². The van der Waals surface area contributed by atoms with E-state index in [1.54, 1.807) is 0 Å². The molecule has 1 amide bonds. The molecule has 0 radical (unpaired) electrons. The summed E-state index contributed by atoms with van der Waals surface area (Å²) >= 11 is 0. The van der Waals surface area contributed by atoms with Gasteiger partial charge in [0.15, 0.2) is 5.79 Å². The van der Waals surface area contributed by atoms with Crippen LogP contribution >= 0.6 is 0 Å². The standard InChI is InChI=1S/C18H29NO3/c1-17(2)11-21-18(22-12-17)6-8-19(9-7-18)16(20)15-10-14(15)13-4-3-5-13/h13-15H,3-12H2,1-2H3/t14-,15+/m0/s1. The van der Waals surface area contributed by atoms with Gasteiger partial charge in [0.05, 0.1) is 13.2 Å². The van der Waals surface area contributed by atoms with Crippen molar-refractivity contribution in [3.63, 3.8) is 0 Å². The van der Waals surface area contributed by atoms with Crippen LogP contribution in [0.3, 0.4) is 0 Å². The number of nitrogens with zero attached hydrogens (tertiary/aromatic N) is 1. The fraction of sp³-hybridized carbons (Fsp3) is 0.944. The second kappa shape index (κ2) is 5.20. The van der Waals surface area contributed by atoms with Crippen LogP contribution in [-0.2, 0) is 14.3 Å². The van der Waals surface area contributed by atoms with Crippen molar-refractivity contribution in [3.8, 4) is 0 Å². The molecule has 4 rings (SSSR count). The van der Waals surface area contributed by atoms with E-state index in [9.17, 15) is 4.79 Å². The maximum atomic E-state index is 12.6. The van der Waals surface area contributed by atoms with Gasteiger partial charge in [0.1, 0.15) is 0 Å². The smallest absolute Gasteiger partial charge is 0.225 e. The van der Waals surface area contributed by atoms with Crippen molar-refractivity contribution in [2.75, 3.05) is 26.3 Å². The summed E-state index contributed by atoms with van der Waals surface area (Å²) in [6.07, 6.45) is 6.89. The van der Waals surface area contributed by atoms with Gasteiger partial charge in [-0.2, -0.15) is 0 Å². The van der Waals surface area contributed by atoms with Crippen molar-refractivity contribution in [2.45, 2.75) is 58.2 Å².